The molecule has 5 heteroatoms. The summed E-state index contributed by atoms with van der Waals surface area (Å²) in [5, 5.41) is 2.42. The van der Waals surface area contributed by atoms with E-state index >= 15 is 0 Å². The van der Waals surface area contributed by atoms with Crippen LogP contribution in [0.25, 0.3) is 21.8 Å². The summed E-state index contributed by atoms with van der Waals surface area (Å²) >= 11 is 0. The van der Waals surface area contributed by atoms with Gasteiger partial charge in [0.05, 0.1) is 6.07 Å². The van der Waals surface area contributed by atoms with Crippen molar-refractivity contribution in [1.82, 2.24) is 0 Å². The third-order valence-electron chi connectivity index (χ3n) is 3.18. The van der Waals surface area contributed by atoms with Gasteiger partial charge in [0.2, 0.25) is 11.0 Å². The first kappa shape index (κ1) is 15.5. The highest BCUT2D eigenvalue weighted by molar-refractivity contribution is 5.90. The van der Waals surface area contributed by atoms with Crippen LogP contribution in [0.4, 0.5) is 11.4 Å². The molecule has 0 atom stereocenters. The molecule has 0 saturated heterocycles. The average molecular weight is 296 g/mol. The topological polar surface area (TPSA) is 57.5 Å². The van der Waals surface area contributed by atoms with Crippen LogP contribution in [0.1, 0.15) is 0 Å². The molecular formula is C14H15Cl2N3. The van der Waals surface area contributed by atoms with Gasteiger partial charge in [-0.05, 0) is 30.3 Å². The Kier molecular flexibility index (Phi) is 4.58. The number of nitrogen functional groups attached to an aromatic ring is 1. The summed E-state index contributed by atoms with van der Waals surface area (Å²) in [6.07, 6.45) is 0. The maximum absolute atomic E-state index is 5.84. The number of halogens is 2. The van der Waals surface area contributed by atoms with Crippen LogP contribution in [-0.2, 0) is 7.05 Å². The lowest BCUT2D eigenvalue weighted by Crippen LogP contribution is -3.00. The summed E-state index contributed by atoms with van der Waals surface area (Å²) in [6.45, 7) is 0. The fraction of sp³-hybridized carbons (Fsp3) is 0.0714. The lowest BCUT2D eigenvalue weighted by Gasteiger charge is -2.02. The smallest absolute Gasteiger partial charge is 0.218 e. The van der Waals surface area contributed by atoms with E-state index in [1.807, 2.05) is 18.2 Å². The minimum Gasteiger partial charge on any atom is -1.00 e. The van der Waals surface area contributed by atoms with Gasteiger partial charge in [-0.3, -0.25) is 0 Å². The summed E-state index contributed by atoms with van der Waals surface area (Å²) in [7, 11) is 2.06. The molecule has 1 heterocycles. The molecule has 3 aromatic rings. The van der Waals surface area contributed by atoms with E-state index in [1.165, 1.54) is 16.3 Å². The molecule has 3 rings (SSSR count). The Labute approximate surface area is 124 Å². The number of anilines is 1. The zero-order valence-corrected chi connectivity index (χ0v) is 12.0. The quantitative estimate of drug-likeness (QED) is 0.244. The predicted molar refractivity (Wildman–Crippen MR) is 69.6 cm³/mol. The van der Waals surface area contributed by atoms with Crippen LogP contribution < -0.4 is 40.8 Å². The fourth-order valence-corrected chi connectivity index (χ4v) is 2.27. The molecule has 5 N–H and O–H groups in total. The molecular weight excluding hydrogens is 281 g/mol. The first-order valence-electron chi connectivity index (χ1n) is 5.59. The number of hydrogen-bond donors (Lipinski definition) is 2. The molecule has 0 bridgehead atoms. The number of hydrogen-bond acceptors (Lipinski definition) is 1. The number of aryl methyl sites for hydroxylation is 1. The Morgan fingerprint density at radius 2 is 1.47 bits per heavy atom. The molecule has 0 saturated carbocycles. The predicted octanol–water partition coefficient (Wildman–Crippen LogP) is -4.72. The van der Waals surface area contributed by atoms with E-state index in [0.29, 0.717) is 0 Å². The van der Waals surface area contributed by atoms with Crippen molar-refractivity contribution < 1.29 is 35.1 Å². The highest BCUT2D eigenvalue weighted by Gasteiger charge is 2.12. The standard InChI is InChI=1S/C14H13N3.2ClH/c1-17-13-7-11(15)4-2-9(13)6-10-3-5-12(16)8-14(10)17;;/h2-8H,1H3,(H3,15,16);2*1H. The molecule has 0 aliphatic rings. The van der Waals surface area contributed by atoms with Crippen LogP contribution >= 0.6 is 0 Å². The van der Waals surface area contributed by atoms with Gasteiger partial charge in [0, 0.05) is 22.5 Å². The van der Waals surface area contributed by atoms with Crippen molar-refractivity contribution in [3.05, 3.63) is 42.5 Å². The van der Waals surface area contributed by atoms with Crippen molar-refractivity contribution in [2.75, 3.05) is 5.73 Å². The average Bonchev–Trinajstić information content (AvgIpc) is 2.32. The fourth-order valence-electron chi connectivity index (χ4n) is 2.27. The van der Waals surface area contributed by atoms with Crippen molar-refractivity contribution in [1.29, 1.82) is 0 Å². The number of aromatic nitrogens is 1. The van der Waals surface area contributed by atoms with Crippen LogP contribution in [0.2, 0.25) is 0 Å². The van der Waals surface area contributed by atoms with Gasteiger partial charge >= 0.3 is 0 Å². The van der Waals surface area contributed by atoms with Gasteiger partial charge in [-0.25, -0.2) is 0 Å². The molecule has 0 aliphatic heterocycles. The summed E-state index contributed by atoms with van der Waals surface area (Å²) in [5.41, 5.74) is 13.9. The van der Waals surface area contributed by atoms with Crippen LogP contribution in [0.5, 0.6) is 0 Å². The summed E-state index contributed by atoms with van der Waals surface area (Å²) in [4.78, 5) is 0. The van der Waals surface area contributed by atoms with E-state index in [-0.39, 0.29) is 24.8 Å². The van der Waals surface area contributed by atoms with E-state index in [4.69, 9.17) is 5.73 Å². The first-order valence-corrected chi connectivity index (χ1v) is 5.59. The SMILES string of the molecule is C[n+]1c2cc(N)ccc2cc2ccc([NH3+])cc21.[Cl-].[Cl-]. The molecule has 1 aromatic heterocycles. The number of rotatable bonds is 0. The normalized spacial score (nSPS) is 10.0. The lowest BCUT2D eigenvalue weighted by molar-refractivity contribution is -0.617. The molecule has 0 spiro atoms. The molecule has 3 nitrogen and oxygen atoms in total. The van der Waals surface area contributed by atoms with Gasteiger partial charge in [0.15, 0.2) is 0 Å². The van der Waals surface area contributed by atoms with Crippen LogP contribution in [0.15, 0.2) is 42.5 Å². The molecule has 0 radical (unpaired) electrons. The van der Waals surface area contributed by atoms with Crippen LogP contribution in [0.3, 0.4) is 0 Å². The minimum atomic E-state index is 0. The van der Waals surface area contributed by atoms with Gasteiger partial charge in [-0.15, -0.1) is 0 Å². The molecule has 0 amide bonds. The van der Waals surface area contributed by atoms with E-state index in [2.05, 4.69) is 41.6 Å². The molecule has 0 unspecified atom stereocenters. The molecule has 0 aliphatic carbocycles. The van der Waals surface area contributed by atoms with Gasteiger partial charge < -0.3 is 36.3 Å². The summed E-state index contributed by atoms with van der Waals surface area (Å²) < 4.78 is 2.16. The van der Waals surface area contributed by atoms with E-state index in [0.717, 1.165) is 16.9 Å². The monoisotopic (exact) mass is 295 g/mol. The van der Waals surface area contributed by atoms with E-state index in [1.54, 1.807) is 0 Å². The number of nitrogens with zero attached hydrogens (tertiary/aromatic N) is 1. The summed E-state index contributed by atoms with van der Waals surface area (Å²) in [6, 6.07) is 14.4. The maximum Gasteiger partial charge on any atom is 0.218 e. The Morgan fingerprint density at radius 3 is 2.16 bits per heavy atom. The zero-order chi connectivity index (χ0) is 12.0. The van der Waals surface area contributed by atoms with Gasteiger partial charge in [-0.2, -0.15) is 4.57 Å². The van der Waals surface area contributed by atoms with Crippen LogP contribution in [0, 0.1) is 0 Å². The van der Waals surface area contributed by atoms with Crippen molar-refractivity contribution in [2.24, 2.45) is 7.05 Å². The van der Waals surface area contributed by atoms with Gasteiger partial charge in [0.1, 0.15) is 12.7 Å². The Hall–Kier alpha value is -1.55. The van der Waals surface area contributed by atoms with Crippen molar-refractivity contribution >= 4 is 33.2 Å². The van der Waals surface area contributed by atoms with Gasteiger partial charge in [0.25, 0.3) is 0 Å². The number of nitrogens with two attached hydrogens (primary N) is 1. The number of pyridine rings is 1. The lowest BCUT2D eigenvalue weighted by atomic mass is 10.1. The highest BCUT2D eigenvalue weighted by atomic mass is 35.5. The third kappa shape index (κ3) is 2.59. The first-order chi connectivity index (χ1) is 8.15. The Balaban J connectivity index is 0.000000902. The summed E-state index contributed by atoms with van der Waals surface area (Å²) in [5.74, 6) is 0. The van der Waals surface area contributed by atoms with Crippen molar-refractivity contribution in [3.8, 4) is 0 Å². The van der Waals surface area contributed by atoms with Crippen molar-refractivity contribution in [3.63, 3.8) is 0 Å². The van der Waals surface area contributed by atoms with E-state index < -0.39 is 0 Å². The zero-order valence-electron chi connectivity index (χ0n) is 10.5. The Bertz CT molecular complexity index is 681. The maximum atomic E-state index is 5.84. The Morgan fingerprint density at radius 1 is 0.895 bits per heavy atom. The van der Waals surface area contributed by atoms with E-state index in [9.17, 15) is 0 Å². The molecule has 0 fully saturated rings. The second-order valence-corrected chi connectivity index (χ2v) is 4.41. The third-order valence-corrected chi connectivity index (χ3v) is 3.18. The number of fused-ring (bicyclic) bond motifs is 2. The van der Waals surface area contributed by atoms with Crippen LogP contribution in [-0.4, -0.2) is 0 Å². The molecule has 2 aromatic carbocycles. The number of quaternary nitrogens is 1. The molecule has 100 valence electrons. The van der Waals surface area contributed by atoms with Gasteiger partial charge in [-0.1, -0.05) is 0 Å². The minimum absolute atomic E-state index is 0. The number of benzene rings is 2. The second-order valence-electron chi connectivity index (χ2n) is 4.41. The largest absolute Gasteiger partial charge is 1.00 e. The second kappa shape index (κ2) is 5.61. The highest BCUT2D eigenvalue weighted by Crippen LogP contribution is 2.20. The molecule has 19 heavy (non-hydrogen) atoms. The van der Waals surface area contributed by atoms with Crippen molar-refractivity contribution in [2.45, 2.75) is 0 Å².